The monoisotopic (exact) mass is 370 g/mol. The lowest BCUT2D eigenvalue weighted by atomic mass is 10.1. The van der Waals surface area contributed by atoms with Crippen molar-refractivity contribution in [2.24, 2.45) is 0 Å². The first-order valence-corrected chi connectivity index (χ1v) is 9.19. The molecule has 2 nitrogen and oxygen atoms in total. The SMILES string of the molecule is Cc1cc(C)c(-[n+]2ccn(C3CCCCCC3)c2)c(C)c1.F[B-](F)(F)F. The van der Waals surface area contributed by atoms with E-state index in [1.165, 1.54) is 60.9 Å². The molecule has 1 aromatic carbocycles. The zero-order valence-electron chi connectivity index (χ0n) is 15.7. The second kappa shape index (κ2) is 8.74. The van der Waals surface area contributed by atoms with Gasteiger partial charge in [-0.15, -0.1) is 0 Å². The average molecular weight is 370 g/mol. The number of halogens is 4. The third-order valence-corrected chi connectivity index (χ3v) is 4.80. The first kappa shape index (κ1) is 20.5. The summed E-state index contributed by atoms with van der Waals surface area (Å²) in [6.45, 7) is 6.60. The fourth-order valence-corrected chi connectivity index (χ4v) is 3.85. The van der Waals surface area contributed by atoms with Gasteiger partial charge in [0, 0.05) is 0 Å². The average Bonchev–Trinajstić information content (AvgIpc) is 2.79. The summed E-state index contributed by atoms with van der Waals surface area (Å²) in [5, 5.41) is 0. The maximum Gasteiger partial charge on any atom is 0.673 e. The molecule has 0 N–H and O–H groups in total. The maximum atomic E-state index is 9.75. The van der Waals surface area contributed by atoms with Gasteiger partial charge in [-0.25, -0.2) is 9.13 Å². The Morgan fingerprint density at radius 2 is 1.42 bits per heavy atom. The molecule has 0 saturated heterocycles. The highest BCUT2D eigenvalue weighted by Gasteiger charge is 2.21. The predicted octanol–water partition coefficient (Wildman–Crippen LogP) is 5.89. The van der Waals surface area contributed by atoms with Gasteiger partial charge in [0.15, 0.2) is 0 Å². The quantitative estimate of drug-likeness (QED) is 0.270. The minimum absolute atomic E-state index is 0.694. The molecule has 1 aliphatic carbocycles. The third-order valence-electron chi connectivity index (χ3n) is 4.80. The summed E-state index contributed by atoms with van der Waals surface area (Å²) in [7, 11) is -6.00. The highest BCUT2D eigenvalue weighted by molar-refractivity contribution is 6.50. The van der Waals surface area contributed by atoms with Crippen molar-refractivity contribution in [2.75, 3.05) is 0 Å². The van der Waals surface area contributed by atoms with Gasteiger partial charge in [-0.2, -0.15) is 0 Å². The Bertz CT molecular complexity index is 688. The predicted molar refractivity (Wildman–Crippen MR) is 97.1 cm³/mol. The summed E-state index contributed by atoms with van der Waals surface area (Å²) >= 11 is 0. The molecular formula is C19H27BF4N2. The Labute approximate surface area is 153 Å². The van der Waals surface area contributed by atoms with Crippen LogP contribution in [0.25, 0.3) is 5.69 Å². The van der Waals surface area contributed by atoms with E-state index in [0.717, 1.165) is 0 Å². The van der Waals surface area contributed by atoms with Crippen LogP contribution in [0.4, 0.5) is 17.3 Å². The molecule has 2 aromatic rings. The van der Waals surface area contributed by atoms with Gasteiger partial charge in [-0.3, -0.25) is 0 Å². The van der Waals surface area contributed by atoms with Crippen LogP contribution in [-0.4, -0.2) is 11.8 Å². The molecule has 0 atom stereocenters. The first-order chi connectivity index (χ1) is 12.1. The standard InChI is InChI=1S/C19H27N2.BF4/c1-15-12-16(2)19(17(3)13-15)21-11-10-20(14-21)18-8-6-4-5-7-9-18;2-1(3,4)5/h10-14,18H,4-9H2,1-3H3;/q+1;-1. The second-order valence-corrected chi connectivity index (χ2v) is 7.16. The lowest BCUT2D eigenvalue weighted by Crippen LogP contribution is -2.30. The van der Waals surface area contributed by atoms with Gasteiger partial charge in [-0.1, -0.05) is 30.5 Å². The van der Waals surface area contributed by atoms with E-state index in [4.69, 9.17) is 0 Å². The molecule has 1 saturated carbocycles. The zero-order valence-corrected chi connectivity index (χ0v) is 15.7. The van der Waals surface area contributed by atoms with Crippen molar-refractivity contribution in [3.8, 4) is 5.69 Å². The molecule has 1 aliphatic rings. The summed E-state index contributed by atoms with van der Waals surface area (Å²) in [6.07, 6.45) is 15.0. The Balaban J connectivity index is 0.000000431. The lowest BCUT2D eigenvalue weighted by Gasteiger charge is -2.10. The summed E-state index contributed by atoms with van der Waals surface area (Å²) < 4.78 is 43.7. The molecule has 0 radical (unpaired) electrons. The van der Waals surface area contributed by atoms with Crippen molar-refractivity contribution >= 4 is 7.25 Å². The van der Waals surface area contributed by atoms with Crippen molar-refractivity contribution in [2.45, 2.75) is 65.3 Å². The summed E-state index contributed by atoms with van der Waals surface area (Å²) in [4.78, 5) is 0. The molecule has 144 valence electrons. The van der Waals surface area contributed by atoms with E-state index < -0.39 is 7.25 Å². The zero-order chi connectivity index (χ0) is 19.3. The number of benzene rings is 1. The molecular weight excluding hydrogens is 343 g/mol. The smallest absolute Gasteiger partial charge is 0.418 e. The van der Waals surface area contributed by atoms with Gasteiger partial charge >= 0.3 is 7.25 Å². The van der Waals surface area contributed by atoms with E-state index in [2.05, 4.69) is 60.8 Å². The molecule has 0 spiro atoms. The molecule has 1 aromatic heterocycles. The van der Waals surface area contributed by atoms with E-state index in [1.54, 1.807) is 0 Å². The Hall–Kier alpha value is -1.79. The highest BCUT2D eigenvalue weighted by Crippen LogP contribution is 2.26. The molecule has 1 fully saturated rings. The molecule has 3 rings (SSSR count). The van der Waals surface area contributed by atoms with Gasteiger partial charge in [-0.05, 0) is 57.6 Å². The third kappa shape index (κ3) is 6.18. The lowest BCUT2D eigenvalue weighted by molar-refractivity contribution is -0.596. The fourth-order valence-electron chi connectivity index (χ4n) is 3.85. The van der Waals surface area contributed by atoms with Crippen molar-refractivity contribution in [1.82, 2.24) is 4.57 Å². The van der Waals surface area contributed by atoms with Crippen LogP contribution in [0.15, 0.2) is 30.9 Å². The van der Waals surface area contributed by atoms with E-state index in [-0.39, 0.29) is 0 Å². The van der Waals surface area contributed by atoms with Crippen LogP contribution in [0.1, 0.15) is 61.3 Å². The van der Waals surface area contributed by atoms with E-state index in [1.807, 2.05) is 0 Å². The number of hydrogen-bond donors (Lipinski definition) is 0. The first-order valence-electron chi connectivity index (χ1n) is 9.19. The van der Waals surface area contributed by atoms with E-state index in [9.17, 15) is 17.3 Å². The Morgan fingerprint density at radius 3 is 1.92 bits per heavy atom. The van der Waals surface area contributed by atoms with Crippen molar-refractivity contribution in [3.05, 3.63) is 47.5 Å². The fraction of sp³-hybridized carbons (Fsp3) is 0.526. The molecule has 0 unspecified atom stereocenters. The van der Waals surface area contributed by atoms with Gasteiger partial charge in [0.05, 0.1) is 0 Å². The molecule has 1 heterocycles. The number of nitrogens with zero attached hydrogens (tertiary/aromatic N) is 2. The van der Waals surface area contributed by atoms with Crippen LogP contribution in [-0.2, 0) is 0 Å². The highest BCUT2D eigenvalue weighted by atomic mass is 19.5. The number of aryl methyl sites for hydroxylation is 3. The molecule has 26 heavy (non-hydrogen) atoms. The number of rotatable bonds is 2. The second-order valence-electron chi connectivity index (χ2n) is 7.16. The van der Waals surface area contributed by atoms with Crippen LogP contribution in [0, 0.1) is 20.8 Å². The van der Waals surface area contributed by atoms with Crippen LogP contribution in [0.5, 0.6) is 0 Å². The van der Waals surface area contributed by atoms with Gasteiger partial charge in [0.25, 0.3) is 0 Å². The Kier molecular flexibility index (Phi) is 6.90. The van der Waals surface area contributed by atoms with Gasteiger partial charge in [0.1, 0.15) is 24.1 Å². The minimum atomic E-state index is -6.00. The van der Waals surface area contributed by atoms with E-state index >= 15 is 0 Å². The van der Waals surface area contributed by atoms with Crippen LogP contribution in [0.3, 0.4) is 0 Å². The normalized spacial score (nSPS) is 16.0. The Morgan fingerprint density at radius 1 is 0.923 bits per heavy atom. The summed E-state index contributed by atoms with van der Waals surface area (Å²) in [5.41, 5.74) is 5.40. The maximum absolute atomic E-state index is 9.75. The number of hydrogen-bond acceptors (Lipinski definition) is 0. The van der Waals surface area contributed by atoms with Crippen LogP contribution >= 0.6 is 0 Å². The van der Waals surface area contributed by atoms with Gasteiger partial charge < -0.3 is 17.3 Å². The van der Waals surface area contributed by atoms with Crippen molar-refractivity contribution in [1.29, 1.82) is 0 Å². The van der Waals surface area contributed by atoms with Gasteiger partial charge in [0.2, 0.25) is 6.33 Å². The summed E-state index contributed by atoms with van der Waals surface area (Å²) in [6, 6.07) is 5.25. The van der Waals surface area contributed by atoms with Crippen molar-refractivity contribution in [3.63, 3.8) is 0 Å². The number of imidazole rings is 1. The van der Waals surface area contributed by atoms with Crippen LogP contribution in [0.2, 0.25) is 0 Å². The molecule has 0 aliphatic heterocycles. The van der Waals surface area contributed by atoms with Crippen molar-refractivity contribution < 1.29 is 21.8 Å². The summed E-state index contributed by atoms with van der Waals surface area (Å²) in [5.74, 6) is 0. The molecule has 7 heteroatoms. The minimum Gasteiger partial charge on any atom is -0.418 e. The molecule has 0 bridgehead atoms. The van der Waals surface area contributed by atoms with E-state index in [0.29, 0.717) is 6.04 Å². The molecule has 0 amide bonds. The number of aromatic nitrogens is 2. The van der Waals surface area contributed by atoms with Crippen LogP contribution < -0.4 is 4.57 Å². The largest absolute Gasteiger partial charge is 0.673 e. The topological polar surface area (TPSA) is 8.81 Å².